The molecule has 1 aromatic rings. The molecule has 0 radical (unpaired) electrons. The first-order valence-corrected chi connectivity index (χ1v) is 7.83. The van der Waals surface area contributed by atoms with Crippen molar-refractivity contribution in [2.75, 3.05) is 33.4 Å². The molecular weight excluding hydrogens is 256 g/mol. The Balaban J connectivity index is 2.71. The molecule has 0 spiro atoms. The van der Waals surface area contributed by atoms with Crippen molar-refractivity contribution in [2.45, 2.75) is 18.7 Å². The molecule has 0 aliphatic heterocycles. The highest BCUT2D eigenvalue weighted by atomic mass is 32.2. The van der Waals surface area contributed by atoms with Crippen LogP contribution in [-0.2, 0) is 11.3 Å². The Hall–Kier alpha value is -1.00. The summed E-state index contributed by atoms with van der Waals surface area (Å²) in [5.74, 6) is 0.221. The third kappa shape index (κ3) is 5.66. The van der Waals surface area contributed by atoms with Gasteiger partial charge in [-0.05, 0) is 32.8 Å². The maximum absolute atomic E-state index is 12.4. The van der Waals surface area contributed by atoms with E-state index in [9.17, 15) is 4.79 Å². The second-order valence-electron chi connectivity index (χ2n) is 4.93. The second-order valence-corrected chi connectivity index (χ2v) is 6.11. The van der Waals surface area contributed by atoms with Gasteiger partial charge in [0.25, 0.3) is 0 Å². The second kappa shape index (κ2) is 8.23. The molecule has 0 aliphatic carbocycles. The van der Waals surface area contributed by atoms with E-state index in [1.807, 2.05) is 50.4 Å². The van der Waals surface area contributed by atoms with E-state index in [0.717, 1.165) is 13.1 Å². The molecule has 0 N–H and O–H groups in total. The zero-order chi connectivity index (χ0) is 14.3. The highest BCUT2D eigenvalue weighted by molar-refractivity contribution is 7.99. The lowest BCUT2D eigenvalue weighted by Crippen LogP contribution is -2.40. The number of hydrogen-bond acceptors (Lipinski definition) is 3. The molecule has 0 aliphatic rings. The predicted octanol–water partition coefficient (Wildman–Crippen LogP) is 2.33. The fourth-order valence-electron chi connectivity index (χ4n) is 1.75. The first-order valence-electron chi connectivity index (χ1n) is 6.55. The first-order chi connectivity index (χ1) is 9.04. The van der Waals surface area contributed by atoms with E-state index in [0.29, 0.717) is 6.54 Å². The fraction of sp³-hybridized carbons (Fsp3) is 0.533. The van der Waals surface area contributed by atoms with E-state index in [1.165, 1.54) is 5.56 Å². The van der Waals surface area contributed by atoms with Crippen LogP contribution in [0.5, 0.6) is 0 Å². The lowest BCUT2D eigenvalue weighted by atomic mass is 10.2. The monoisotopic (exact) mass is 280 g/mol. The van der Waals surface area contributed by atoms with Gasteiger partial charge in [-0.15, -0.1) is 0 Å². The van der Waals surface area contributed by atoms with Crippen LogP contribution in [0.1, 0.15) is 12.5 Å². The molecule has 19 heavy (non-hydrogen) atoms. The maximum Gasteiger partial charge on any atom is 0.235 e. The van der Waals surface area contributed by atoms with Crippen LogP contribution in [0.15, 0.2) is 30.3 Å². The van der Waals surface area contributed by atoms with Gasteiger partial charge in [0.15, 0.2) is 0 Å². The molecule has 1 rings (SSSR count). The summed E-state index contributed by atoms with van der Waals surface area (Å²) in [5, 5.41) is 0.0193. The average Bonchev–Trinajstić information content (AvgIpc) is 2.42. The molecule has 1 unspecified atom stereocenters. The number of rotatable bonds is 7. The summed E-state index contributed by atoms with van der Waals surface area (Å²) in [6.07, 6.45) is 1.98. The molecule has 0 saturated carbocycles. The van der Waals surface area contributed by atoms with Gasteiger partial charge in [-0.2, -0.15) is 11.8 Å². The average molecular weight is 280 g/mol. The number of amides is 1. The molecule has 0 saturated heterocycles. The molecule has 1 atom stereocenters. The summed E-state index contributed by atoms with van der Waals surface area (Å²) in [6.45, 7) is 4.32. The van der Waals surface area contributed by atoms with E-state index < -0.39 is 0 Å². The van der Waals surface area contributed by atoms with Gasteiger partial charge in [0.1, 0.15) is 0 Å². The number of likely N-dealkylation sites (N-methyl/N-ethyl adjacent to an activating group) is 1. The third-order valence-electron chi connectivity index (χ3n) is 3.05. The van der Waals surface area contributed by atoms with E-state index in [-0.39, 0.29) is 11.2 Å². The topological polar surface area (TPSA) is 23.6 Å². The van der Waals surface area contributed by atoms with Crippen LogP contribution in [0, 0.1) is 0 Å². The summed E-state index contributed by atoms with van der Waals surface area (Å²) >= 11 is 1.60. The number of hydrogen-bond donors (Lipinski definition) is 0. The van der Waals surface area contributed by atoms with Crippen molar-refractivity contribution >= 4 is 17.7 Å². The molecule has 1 aromatic carbocycles. The highest BCUT2D eigenvalue weighted by Crippen LogP contribution is 2.12. The number of nitrogens with zero attached hydrogens (tertiary/aromatic N) is 2. The Morgan fingerprint density at radius 2 is 1.84 bits per heavy atom. The SMILES string of the molecule is CSC(C)C(=O)N(CCN(C)C)Cc1ccccc1. The highest BCUT2D eigenvalue weighted by Gasteiger charge is 2.19. The largest absolute Gasteiger partial charge is 0.336 e. The molecule has 3 nitrogen and oxygen atoms in total. The Kier molecular flexibility index (Phi) is 6.95. The van der Waals surface area contributed by atoms with Crippen molar-refractivity contribution in [1.29, 1.82) is 0 Å². The minimum Gasteiger partial charge on any atom is -0.336 e. The van der Waals surface area contributed by atoms with E-state index in [2.05, 4.69) is 17.0 Å². The minimum absolute atomic E-state index is 0.0193. The van der Waals surface area contributed by atoms with Gasteiger partial charge in [-0.25, -0.2) is 0 Å². The molecule has 1 amide bonds. The van der Waals surface area contributed by atoms with E-state index >= 15 is 0 Å². The fourth-order valence-corrected chi connectivity index (χ4v) is 2.10. The van der Waals surface area contributed by atoms with Crippen LogP contribution in [-0.4, -0.2) is 54.4 Å². The Morgan fingerprint density at radius 3 is 2.37 bits per heavy atom. The molecular formula is C15H24N2OS. The van der Waals surface area contributed by atoms with Crippen molar-refractivity contribution in [3.63, 3.8) is 0 Å². The zero-order valence-electron chi connectivity index (χ0n) is 12.3. The van der Waals surface area contributed by atoms with Crippen molar-refractivity contribution in [2.24, 2.45) is 0 Å². The predicted molar refractivity (Wildman–Crippen MR) is 83.4 cm³/mol. The normalized spacial score (nSPS) is 12.5. The Bertz CT molecular complexity index is 381. The van der Waals surface area contributed by atoms with Gasteiger partial charge in [-0.3, -0.25) is 4.79 Å². The van der Waals surface area contributed by atoms with Crippen LogP contribution >= 0.6 is 11.8 Å². The summed E-state index contributed by atoms with van der Waals surface area (Å²) in [7, 11) is 4.06. The molecule has 106 valence electrons. The van der Waals surface area contributed by atoms with Gasteiger partial charge in [-0.1, -0.05) is 30.3 Å². The van der Waals surface area contributed by atoms with E-state index in [1.54, 1.807) is 11.8 Å². The number of carbonyl (C=O) groups is 1. The van der Waals surface area contributed by atoms with E-state index in [4.69, 9.17) is 0 Å². The van der Waals surface area contributed by atoms with Gasteiger partial charge in [0.2, 0.25) is 5.91 Å². The standard InChI is InChI=1S/C15H24N2OS/c1-13(19-4)15(18)17(11-10-16(2)3)12-14-8-6-5-7-9-14/h5-9,13H,10-12H2,1-4H3. The van der Waals surface area contributed by atoms with Gasteiger partial charge in [0.05, 0.1) is 5.25 Å². The molecule has 0 heterocycles. The zero-order valence-corrected chi connectivity index (χ0v) is 13.1. The number of benzene rings is 1. The van der Waals surface area contributed by atoms with Gasteiger partial charge >= 0.3 is 0 Å². The lowest BCUT2D eigenvalue weighted by molar-refractivity contribution is -0.131. The third-order valence-corrected chi connectivity index (χ3v) is 3.96. The summed E-state index contributed by atoms with van der Waals surface area (Å²) in [4.78, 5) is 16.4. The Morgan fingerprint density at radius 1 is 1.21 bits per heavy atom. The maximum atomic E-state index is 12.4. The van der Waals surface area contributed by atoms with Crippen molar-refractivity contribution in [1.82, 2.24) is 9.80 Å². The molecule has 0 fully saturated rings. The Labute approximate surface area is 121 Å². The number of thioether (sulfide) groups is 1. The quantitative estimate of drug-likeness (QED) is 0.766. The van der Waals surface area contributed by atoms with Crippen molar-refractivity contribution < 1.29 is 4.79 Å². The smallest absolute Gasteiger partial charge is 0.235 e. The van der Waals surface area contributed by atoms with Crippen molar-refractivity contribution in [3.05, 3.63) is 35.9 Å². The van der Waals surface area contributed by atoms with Crippen LogP contribution in [0.3, 0.4) is 0 Å². The van der Waals surface area contributed by atoms with Gasteiger partial charge < -0.3 is 9.80 Å². The minimum atomic E-state index is 0.0193. The molecule has 0 aromatic heterocycles. The molecule has 0 bridgehead atoms. The van der Waals surface area contributed by atoms with Crippen LogP contribution in [0.4, 0.5) is 0 Å². The first kappa shape index (κ1) is 16.1. The summed E-state index contributed by atoms with van der Waals surface area (Å²) in [6, 6.07) is 10.2. The van der Waals surface area contributed by atoms with Crippen LogP contribution < -0.4 is 0 Å². The summed E-state index contributed by atoms with van der Waals surface area (Å²) < 4.78 is 0. The van der Waals surface area contributed by atoms with Crippen LogP contribution in [0.2, 0.25) is 0 Å². The van der Waals surface area contributed by atoms with Gasteiger partial charge in [0, 0.05) is 19.6 Å². The van der Waals surface area contributed by atoms with Crippen LogP contribution in [0.25, 0.3) is 0 Å². The van der Waals surface area contributed by atoms with Crippen molar-refractivity contribution in [3.8, 4) is 0 Å². The lowest BCUT2D eigenvalue weighted by Gasteiger charge is -2.26. The summed E-state index contributed by atoms with van der Waals surface area (Å²) in [5.41, 5.74) is 1.18. The number of carbonyl (C=O) groups excluding carboxylic acids is 1. The molecule has 4 heteroatoms.